The topological polar surface area (TPSA) is 90.4 Å². The molecular weight excluding hydrogens is 364 g/mol. The maximum absolute atomic E-state index is 12.2. The van der Waals surface area contributed by atoms with Crippen molar-refractivity contribution >= 4 is 14.1 Å². The molecule has 0 amide bonds. The van der Waals surface area contributed by atoms with Gasteiger partial charge in [-0.2, -0.15) is 0 Å². The zero-order valence-electron chi connectivity index (χ0n) is 17.4. The lowest BCUT2D eigenvalue weighted by molar-refractivity contribution is -0.118. The highest BCUT2D eigenvalue weighted by molar-refractivity contribution is 6.74. The SMILES string of the molecule is CC(=O)C[C@H]1C[C@H](n2cc(C)c(=O)[nH]c2=O)O[C@@H]1CO[Si](C)(C)C(C)(C)C. The van der Waals surface area contributed by atoms with Crippen LogP contribution in [0, 0.1) is 12.8 Å². The standard InChI is InChI=1S/C19H32N2O5Si/c1-12-10-21(18(24)20-17(12)23)16-9-14(8-13(2)22)15(26-16)11-25-27(6,7)19(3,4)5/h10,14-16H,8-9,11H2,1-7H3,(H,20,23,24)/t14-,15+,16+/m0/s1. The number of H-pyrrole nitrogens is 1. The molecule has 0 radical (unpaired) electrons. The van der Waals surface area contributed by atoms with Crippen molar-refractivity contribution in [1.82, 2.24) is 9.55 Å². The third-order valence-electron chi connectivity index (χ3n) is 5.78. The van der Waals surface area contributed by atoms with E-state index in [1.165, 1.54) is 10.8 Å². The van der Waals surface area contributed by atoms with Gasteiger partial charge in [-0.05, 0) is 44.3 Å². The Bertz CT molecular complexity index is 806. The first kappa shape index (κ1) is 21.8. The van der Waals surface area contributed by atoms with E-state index in [4.69, 9.17) is 9.16 Å². The van der Waals surface area contributed by atoms with E-state index in [9.17, 15) is 14.4 Å². The maximum Gasteiger partial charge on any atom is 0.330 e. The zero-order valence-corrected chi connectivity index (χ0v) is 18.4. The van der Waals surface area contributed by atoms with Crippen LogP contribution in [-0.2, 0) is 14.0 Å². The van der Waals surface area contributed by atoms with E-state index in [1.807, 2.05) is 0 Å². The van der Waals surface area contributed by atoms with E-state index in [1.54, 1.807) is 13.8 Å². The van der Waals surface area contributed by atoms with E-state index >= 15 is 0 Å². The molecule has 27 heavy (non-hydrogen) atoms. The monoisotopic (exact) mass is 396 g/mol. The molecule has 8 heteroatoms. The average molecular weight is 397 g/mol. The van der Waals surface area contributed by atoms with Gasteiger partial charge in [0.25, 0.3) is 5.56 Å². The van der Waals surface area contributed by atoms with Crippen LogP contribution in [0.25, 0.3) is 0 Å². The number of aromatic amines is 1. The summed E-state index contributed by atoms with van der Waals surface area (Å²) in [6.07, 6.45) is 1.68. The normalized spacial score (nSPS) is 23.6. The molecule has 1 aliphatic rings. The van der Waals surface area contributed by atoms with Gasteiger partial charge in [-0.25, -0.2) is 4.79 Å². The highest BCUT2D eigenvalue weighted by Gasteiger charge is 2.41. The molecule has 2 heterocycles. The van der Waals surface area contributed by atoms with Gasteiger partial charge in [0.05, 0.1) is 12.7 Å². The summed E-state index contributed by atoms with van der Waals surface area (Å²) in [5, 5.41) is 0.0774. The minimum atomic E-state index is -1.95. The van der Waals surface area contributed by atoms with Crippen molar-refractivity contribution in [2.75, 3.05) is 6.61 Å². The zero-order chi connectivity index (χ0) is 20.6. The number of hydrogen-bond donors (Lipinski definition) is 1. The lowest BCUT2D eigenvalue weighted by Gasteiger charge is -2.37. The molecule has 1 N–H and O–H groups in total. The molecule has 152 valence electrons. The lowest BCUT2D eigenvalue weighted by Crippen LogP contribution is -2.43. The van der Waals surface area contributed by atoms with Crippen LogP contribution >= 0.6 is 0 Å². The van der Waals surface area contributed by atoms with Crippen molar-refractivity contribution in [3.63, 3.8) is 0 Å². The summed E-state index contributed by atoms with van der Waals surface area (Å²) in [4.78, 5) is 37.8. The van der Waals surface area contributed by atoms with Gasteiger partial charge in [-0.15, -0.1) is 0 Å². The van der Waals surface area contributed by atoms with E-state index in [0.29, 0.717) is 25.0 Å². The fourth-order valence-electron chi connectivity index (χ4n) is 3.02. The molecule has 0 unspecified atom stereocenters. The number of Topliss-reactive ketones (excluding diaryl/α,β-unsaturated/α-hetero) is 1. The number of nitrogens with zero attached hydrogens (tertiary/aromatic N) is 1. The average Bonchev–Trinajstić information content (AvgIpc) is 2.89. The molecule has 1 saturated heterocycles. The highest BCUT2D eigenvalue weighted by Crippen LogP contribution is 2.39. The van der Waals surface area contributed by atoms with Crippen LogP contribution in [0.4, 0.5) is 0 Å². The summed E-state index contributed by atoms with van der Waals surface area (Å²) in [5.74, 6) is 0.0722. The third-order valence-corrected chi connectivity index (χ3v) is 10.3. The lowest BCUT2D eigenvalue weighted by atomic mass is 9.95. The maximum atomic E-state index is 12.2. The Hall–Kier alpha value is -1.51. The molecule has 1 fully saturated rings. The Balaban J connectivity index is 2.21. The molecule has 1 aliphatic heterocycles. The predicted molar refractivity (Wildman–Crippen MR) is 107 cm³/mol. The number of rotatable bonds is 6. The van der Waals surface area contributed by atoms with Crippen LogP contribution in [0.1, 0.15) is 52.3 Å². The molecule has 3 atom stereocenters. The molecule has 1 aromatic heterocycles. The number of aryl methyl sites for hydroxylation is 1. The Morgan fingerprint density at radius 2 is 2.00 bits per heavy atom. The van der Waals surface area contributed by atoms with Crippen LogP contribution in [0.2, 0.25) is 18.1 Å². The summed E-state index contributed by atoms with van der Waals surface area (Å²) >= 11 is 0. The number of hydrogen-bond acceptors (Lipinski definition) is 5. The number of nitrogens with one attached hydrogen (secondary N) is 1. The molecule has 0 aliphatic carbocycles. The first-order chi connectivity index (χ1) is 12.3. The second-order valence-electron chi connectivity index (χ2n) is 9.08. The Labute approximate surface area is 161 Å². The molecule has 2 rings (SSSR count). The molecule has 0 spiro atoms. The van der Waals surface area contributed by atoms with Gasteiger partial charge in [0.2, 0.25) is 0 Å². The minimum absolute atomic E-state index is 0.0172. The fourth-order valence-corrected chi connectivity index (χ4v) is 4.04. The van der Waals surface area contributed by atoms with Crippen LogP contribution < -0.4 is 11.2 Å². The second-order valence-corrected chi connectivity index (χ2v) is 13.9. The largest absolute Gasteiger partial charge is 0.414 e. The Morgan fingerprint density at radius 3 is 2.56 bits per heavy atom. The van der Waals surface area contributed by atoms with E-state index in [-0.39, 0.29) is 22.8 Å². The van der Waals surface area contributed by atoms with Gasteiger partial charge >= 0.3 is 5.69 Å². The summed E-state index contributed by atoms with van der Waals surface area (Å²) in [6, 6.07) is 0. The van der Waals surface area contributed by atoms with Gasteiger partial charge in [0, 0.05) is 18.2 Å². The van der Waals surface area contributed by atoms with E-state index in [0.717, 1.165) is 0 Å². The van der Waals surface area contributed by atoms with Crippen LogP contribution in [0.3, 0.4) is 0 Å². The van der Waals surface area contributed by atoms with Crippen molar-refractivity contribution < 1.29 is 14.0 Å². The molecular formula is C19H32N2O5Si. The first-order valence-corrected chi connectivity index (χ1v) is 12.3. The van der Waals surface area contributed by atoms with Crippen LogP contribution in [0.5, 0.6) is 0 Å². The highest BCUT2D eigenvalue weighted by atomic mass is 28.4. The molecule has 0 aromatic carbocycles. The van der Waals surface area contributed by atoms with Gasteiger partial charge in [-0.3, -0.25) is 14.3 Å². The van der Waals surface area contributed by atoms with Crippen molar-refractivity contribution in [3.8, 4) is 0 Å². The smallest absolute Gasteiger partial charge is 0.330 e. The second kappa shape index (κ2) is 7.85. The summed E-state index contributed by atoms with van der Waals surface area (Å²) in [7, 11) is -1.95. The molecule has 7 nitrogen and oxygen atoms in total. The summed E-state index contributed by atoms with van der Waals surface area (Å²) in [5.41, 5.74) is -0.447. The number of ketones is 1. The van der Waals surface area contributed by atoms with Gasteiger partial charge in [0.15, 0.2) is 8.32 Å². The number of ether oxygens (including phenoxy) is 1. The van der Waals surface area contributed by atoms with Crippen molar-refractivity contribution in [2.24, 2.45) is 5.92 Å². The molecule has 0 bridgehead atoms. The van der Waals surface area contributed by atoms with Crippen molar-refractivity contribution in [1.29, 1.82) is 0 Å². The van der Waals surface area contributed by atoms with Gasteiger partial charge in [0.1, 0.15) is 12.0 Å². The van der Waals surface area contributed by atoms with Gasteiger partial charge in [-0.1, -0.05) is 20.8 Å². The fraction of sp³-hybridized carbons (Fsp3) is 0.737. The minimum Gasteiger partial charge on any atom is -0.414 e. The molecule has 1 aromatic rings. The van der Waals surface area contributed by atoms with E-state index < -0.39 is 25.8 Å². The van der Waals surface area contributed by atoms with Crippen molar-refractivity contribution in [3.05, 3.63) is 32.6 Å². The first-order valence-electron chi connectivity index (χ1n) is 9.43. The Morgan fingerprint density at radius 1 is 1.37 bits per heavy atom. The third kappa shape index (κ3) is 5.06. The van der Waals surface area contributed by atoms with Crippen LogP contribution in [-0.4, -0.2) is 36.4 Å². The summed E-state index contributed by atoms with van der Waals surface area (Å²) in [6.45, 7) is 14.5. The quantitative estimate of drug-likeness (QED) is 0.747. The number of carbonyl (C=O) groups is 1. The number of carbonyl (C=O) groups excluding carboxylic acids is 1. The van der Waals surface area contributed by atoms with Crippen LogP contribution in [0.15, 0.2) is 15.8 Å². The van der Waals surface area contributed by atoms with Gasteiger partial charge < -0.3 is 14.0 Å². The summed E-state index contributed by atoms with van der Waals surface area (Å²) < 4.78 is 13.8. The Kier molecular flexibility index (Phi) is 6.33. The molecule has 0 saturated carbocycles. The van der Waals surface area contributed by atoms with Crippen molar-refractivity contribution in [2.45, 2.75) is 77.9 Å². The predicted octanol–water partition coefficient (Wildman–Crippen LogP) is 2.75. The van der Waals surface area contributed by atoms with E-state index in [2.05, 4.69) is 38.8 Å². The number of aromatic nitrogens is 2.